The number of halogens is 3. The largest absolute Gasteiger partial charge is 0.256 e. The molecule has 0 bridgehead atoms. The van der Waals surface area contributed by atoms with Crippen molar-refractivity contribution in [2.75, 3.05) is 0 Å². The number of pyridine rings is 1. The average molecular weight is 291 g/mol. The minimum Gasteiger partial charge on any atom is -0.256 e. The maximum absolute atomic E-state index is 5.84. The van der Waals surface area contributed by atoms with Crippen LogP contribution >= 0.6 is 39.1 Å². The number of nitrogens with zero attached hydrogens (tertiary/aromatic N) is 1. The zero-order chi connectivity index (χ0) is 10.1. The molecule has 0 aliphatic heterocycles. The minimum atomic E-state index is -0.541. The Kier molecular flexibility index (Phi) is 2.96. The summed E-state index contributed by atoms with van der Waals surface area (Å²) in [6.45, 7) is 0. The van der Waals surface area contributed by atoms with Crippen molar-refractivity contribution < 1.29 is 0 Å². The molecule has 2 aromatic rings. The summed E-state index contributed by atoms with van der Waals surface area (Å²) in [5.74, 6) is 0. The molecule has 0 amide bonds. The molecule has 1 nitrogen and oxygen atoms in total. The smallest absolute Gasteiger partial charge is 0.134 e. The van der Waals surface area contributed by atoms with Crippen LogP contribution in [0.4, 0.5) is 0 Å². The molecule has 4 heteroatoms. The van der Waals surface area contributed by atoms with Crippen LogP contribution in [0.5, 0.6) is 0 Å². The zero-order valence-electron chi connectivity index (χ0n) is 7.05. The highest BCUT2D eigenvalue weighted by molar-refractivity contribution is 9.10. The van der Waals surface area contributed by atoms with Crippen LogP contribution in [0.2, 0.25) is 0 Å². The number of rotatable bonds is 1. The molecule has 0 aliphatic rings. The Morgan fingerprint density at radius 2 is 2.00 bits per heavy atom. The number of hydrogen-bond donors (Lipinski definition) is 0. The van der Waals surface area contributed by atoms with Gasteiger partial charge < -0.3 is 0 Å². The van der Waals surface area contributed by atoms with E-state index in [9.17, 15) is 0 Å². The SMILES string of the molecule is ClC(Cl)c1ccc(Br)c2cccnc12. The summed E-state index contributed by atoms with van der Waals surface area (Å²) in [4.78, 5) is 3.72. The summed E-state index contributed by atoms with van der Waals surface area (Å²) < 4.78 is 0.998. The van der Waals surface area contributed by atoms with Crippen LogP contribution in [0.3, 0.4) is 0 Å². The number of hydrogen-bond acceptors (Lipinski definition) is 1. The van der Waals surface area contributed by atoms with Crippen LogP contribution in [0.25, 0.3) is 10.9 Å². The Bertz CT molecular complexity index is 471. The van der Waals surface area contributed by atoms with Gasteiger partial charge in [-0.15, -0.1) is 0 Å². The second-order valence-electron chi connectivity index (χ2n) is 2.84. The van der Waals surface area contributed by atoms with Gasteiger partial charge in [0.15, 0.2) is 0 Å². The van der Waals surface area contributed by atoms with Crippen LogP contribution in [0, 0.1) is 0 Å². The standard InChI is InChI=1S/C10H6BrCl2N/c11-8-4-3-7(10(12)13)9-6(8)2-1-5-14-9/h1-5,10H. The third kappa shape index (κ3) is 1.74. The topological polar surface area (TPSA) is 12.9 Å². The first-order chi connectivity index (χ1) is 6.70. The monoisotopic (exact) mass is 289 g/mol. The molecule has 0 N–H and O–H groups in total. The first-order valence-corrected chi connectivity index (χ1v) is 5.68. The van der Waals surface area contributed by atoms with Gasteiger partial charge in [0.2, 0.25) is 0 Å². The van der Waals surface area contributed by atoms with Gasteiger partial charge in [-0.05, 0) is 12.1 Å². The summed E-state index contributed by atoms with van der Waals surface area (Å²) in [5, 5.41) is 1.02. The van der Waals surface area contributed by atoms with E-state index in [0.717, 1.165) is 20.9 Å². The summed E-state index contributed by atoms with van der Waals surface area (Å²) in [5.41, 5.74) is 1.68. The van der Waals surface area contributed by atoms with Gasteiger partial charge in [0.1, 0.15) is 4.84 Å². The van der Waals surface area contributed by atoms with Gasteiger partial charge in [-0.3, -0.25) is 4.98 Å². The lowest BCUT2D eigenvalue weighted by Gasteiger charge is -2.06. The van der Waals surface area contributed by atoms with E-state index in [-0.39, 0.29) is 0 Å². The van der Waals surface area contributed by atoms with E-state index in [1.807, 2.05) is 24.3 Å². The fourth-order valence-electron chi connectivity index (χ4n) is 1.34. The lowest BCUT2D eigenvalue weighted by atomic mass is 10.1. The first kappa shape index (κ1) is 10.2. The van der Waals surface area contributed by atoms with Crippen molar-refractivity contribution in [1.29, 1.82) is 0 Å². The van der Waals surface area contributed by atoms with E-state index in [4.69, 9.17) is 23.2 Å². The lowest BCUT2D eigenvalue weighted by Crippen LogP contribution is -1.88. The Morgan fingerprint density at radius 1 is 1.21 bits per heavy atom. The first-order valence-electron chi connectivity index (χ1n) is 4.01. The van der Waals surface area contributed by atoms with Crippen molar-refractivity contribution in [1.82, 2.24) is 4.98 Å². The van der Waals surface area contributed by atoms with E-state index < -0.39 is 4.84 Å². The van der Waals surface area contributed by atoms with Gasteiger partial charge in [0.25, 0.3) is 0 Å². The summed E-state index contributed by atoms with van der Waals surface area (Å²) >= 11 is 15.1. The molecule has 0 saturated heterocycles. The van der Waals surface area contributed by atoms with Gasteiger partial charge in [-0.2, -0.15) is 0 Å². The highest BCUT2D eigenvalue weighted by Gasteiger charge is 2.10. The molecule has 0 fully saturated rings. The van der Waals surface area contributed by atoms with Gasteiger partial charge in [-0.1, -0.05) is 51.3 Å². The van der Waals surface area contributed by atoms with Gasteiger partial charge in [-0.25, -0.2) is 0 Å². The average Bonchev–Trinajstić information content (AvgIpc) is 2.18. The Hall–Kier alpha value is -0.310. The van der Waals surface area contributed by atoms with Gasteiger partial charge in [0, 0.05) is 21.6 Å². The van der Waals surface area contributed by atoms with Crippen LogP contribution in [0.1, 0.15) is 10.4 Å². The minimum absolute atomic E-state index is 0.541. The zero-order valence-corrected chi connectivity index (χ0v) is 10.1. The number of benzene rings is 1. The summed E-state index contributed by atoms with van der Waals surface area (Å²) in [6.07, 6.45) is 1.73. The predicted octanol–water partition coefficient (Wildman–Crippen LogP) is 4.47. The van der Waals surface area contributed by atoms with E-state index in [2.05, 4.69) is 20.9 Å². The van der Waals surface area contributed by atoms with Gasteiger partial charge in [0.05, 0.1) is 5.52 Å². The van der Waals surface area contributed by atoms with Crippen molar-refractivity contribution >= 4 is 50.0 Å². The molecule has 1 heterocycles. The summed E-state index contributed by atoms with van der Waals surface area (Å²) in [7, 11) is 0. The van der Waals surface area contributed by atoms with E-state index in [0.29, 0.717) is 0 Å². The molecule has 1 aromatic carbocycles. The molecular weight excluding hydrogens is 285 g/mol. The van der Waals surface area contributed by atoms with Crippen molar-refractivity contribution in [3.63, 3.8) is 0 Å². The van der Waals surface area contributed by atoms with Crippen molar-refractivity contribution in [2.45, 2.75) is 4.84 Å². The Morgan fingerprint density at radius 3 is 2.71 bits per heavy atom. The number of aromatic nitrogens is 1. The molecule has 0 saturated carbocycles. The molecule has 14 heavy (non-hydrogen) atoms. The molecule has 0 atom stereocenters. The van der Waals surface area contributed by atoms with Crippen LogP contribution in [-0.2, 0) is 0 Å². The Balaban J connectivity index is 2.82. The third-order valence-electron chi connectivity index (χ3n) is 1.98. The highest BCUT2D eigenvalue weighted by atomic mass is 79.9. The van der Waals surface area contributed by atoms with E-state index in [1.165, 1.54) is 0 Å². The molecule has 0 unspecified atom stereocenters. The van der Waals surface area contributed by atoms with E-state index in [1.54, 1.807) is 6.20 Å². The molecule has 72 valence electrons. The van der Waals surface area contributed by atoms with Crippen molar-refractivity contribution in [2.24, 2.45) is 0 Å². The van der Waals surface area contributed by atoms with Crippen LogP contribution < -0.4 is 0 Å². The lowest BCUT2D eigenvalue weighted by molar-refractivity contribution is 1.31. The number of alkyl halides is 2. The molecular formula is C10H6BrCl2N. The summed E-state index contributed by atoms with van der Waals surface area (Å²) in [6, 6.07) is 7.67. The Labute approximate surface area is 100 Å². The molecule has 0 radical (unpaired) electrons. The predicted molar refractivity (Wildman–Crippen MR) is 63.9 cm³/mol. The maximum atomic E-state index is 5.84. The molecule has 2 rings (SSSR count). The fourth-order valence-corrected chi connectivity index (χ4v) is 2.14. The normalized spacial score (nSPS) is 11.1. The second kappa shape index (κ2) is 4.05. The van der Waals surface area contributed by atoms with Gasteiger partial charge >= 0.3 is 0 Å². The fraction of sp³-hybridized carbons (Fsp3) is 0.100. The molecule has 1 aromatic heterocycles. The van der Waals surface area contributed by atoms with Crippen molar-refractivity contribution in [3.05, 3.63) is 40.5 Å². The van der Waals surface area contributed by atoms with Crippen molar-refractivity contribution in [3.8, 4) is 0 Å². The highest BCUT2D eigenvalue weighted by Crippen LogP contribution is 2.33. The molecule has 0 spiro atoms. The van der Waals surface area contributed by atoms with Crippen LogP contribution in [-0.4, -0.2) is 4.98 Å². The number of fused-ring (bicyclic) bond motifs is 1. The molecule has 0 aliphatic carbocycles. The third-order valence-corrected chi connectivity index (χ3v) is 3.14. The maximum Gasteiger partial charge on any atom is 0.134 e. The van der Waals surface area contributed by atoms with E-state index >= 15 is 0 Å². The van der Waals surface area contributed by atoms with Crippen LogP contribution in [0.15, 0.2) is 34.9 Å². The second-order valence-corrected chi connectivity index (χ2v) is 4.79. The quantitative estimate of drug-likeness (QED) is 0.706.